The quantitative estimate of drug-likeness (QED) is 0.457. The van der Waals surface area contributed by atoms with Crippen LogP contribution in [-0.2, 0) is 14.6 Å². The van der Waals surface area contributed by atoms with E-state index in [1.165, 1.54) is 0 Å². The van der Waals surface area contributed by atoms with Crippen molar-refractivity contribution in [3.63, 3.8) is 0 Å². The molecule has 0 aliphatic carbocycles. The smallest absolute Gasteiger partial charge is 0.338 e. The van der Waals surface area contributed by atoms with Gasteiger partial charge in [0, 0.05) is 41.8 Å². The van der Waals surface area contributed by atoms with E-state index < -0.39 is 15.8 Å². The molecule has 0 radical (unpaired) electrons. The number of aromatic nitrogens is 1. The Morgan fingerprint density at radius 2 is 1.77 bits per heavy atom. The van der Waals surface area contributed by atoms with E-state index in [0.717, 1.165) is 24.5 Å². The molecule has 1 aliphatic rings. The number of benzene rings is 1. The van der Waals surface area contributed by atoms with Crippen LogP contribution in [0.3, 0.4) is 0 Å². The molecule has 1 fully saturated rings. The lowest BCUT2D eigenvalue weighted by atomic mass is 10.1. The van der Waals surface area contributed by atoms with Crippen molar-refractivity contribution in [3.05, 3.63) is 52.8 Å². The number of carbonyl (C=O) groups excluding carboxylic acids is 2. The van der Waals surface area contributed by atoms with Gasteiger partial charge in [0.25, 0.3) is 0 Å². The Bertz CT molecular complexity index is 1070. The van der Waals surface area contributed by atoms with Crippen LogP contribution >= 0.6 is 0 Å². The van der Waals surface area contributed by atoms with Crippen LogP contribution in [0.5, 0.6) is 0 Å². The van der Waals surface area contributed by atoms with E-state index in [2.05, 4.69) is 18.7 Å². The molecule has 2 aromatic rings. The molecule has 168 valence electrons. The lowest BCUT2D eigenvalue weighted by Crippen LogP contribution is -2.21. The summed E-state index contributed by atoms with van der Waals surface area (Å²) in [6.07, 6.45) is 0.546. The number of anilines is 1. The van der Waals surface area contributed by atoms with E-state index in [1.807, 2.05) is 23.6 Å². The van der Waals surface area contributed by atoms with Crippen molar-refractivity contribution in [2.75, 3.05) is 36.1 Å². The number of rotatable bonds is 8. The predicted octanol–water partition coefficient (Wildman–Crippen LogP) is 3.35. The van der Waals surface area contributed by atoms with Crippen molar-refractivity contribution in [3.8, 4) is 0 Å². The number of nitrogens with zero attached hydrogens (tertiary/aromatic N) is 2. The Labute approximate surface area is 183 Å². The second kappa shape index (κ2) is 9.26. The highest BCUT2D eigenvalue weighted by atomic mass is 32.2. The van der Waals surface area contributed by atoms with E-state index in [-0.39, 0.29) is 29.9 Å². The van der Waals surface area contributed by atoms with Crippen molar-refractivity contribution in [2.45, 2.75) is 40.2 Å². The molecule has 0 bridgehead atoms. The fourth-order valence-corrected chi connectivity index (χ4v) is 5.99. The van der Waals surface area contributed by atoms with Gasteiger partial charge in [-0.25, -0.2) is 13.2 Å². The summed E-state index contributed by atoms with van der Waals surface area (Å²) in [6.45, 7) is 9.20. The fourth-order valence-electron chi connectivity index (χ4n) is 4.29. The molecule has 0 saturated carbocycles. The van der Waals surface area contributed by atoms with Crippen molar-refractivity contribution in [1.29, 1.82) is 0 Å². The minimum absolute atomic E-state index is 0.0927. The largest absolute Gasteiger partial charge is 0.454 e. The Kier molecular flexibility index (Phi) is 6.89. The number of hydrogen-bond acceptors (Lipinski definition) is 6. The van der Waals surface area contributed by atoms with Crippen LogP contribution in [0.2, 0.25) is 0 Å². The van der Waals surface area contributed by atoms with Gasteiger partial charge in [0.1, 0.15) is 0 Å². The average molecular weight is 447 g/mol. The molecule has 8 heteroatoms. The van der Waals surface area contributed by atoms with Crippen LogP contribution in [0.25, 0.3) is 0 Å². The Morgan fingerprint density at radius 1 is 1.13 bits per heavy atom. The van der Waals surface area contributed by atoms with E-state index >= 15 is 0 Å². The number of ether oxygens (including phenoxy) is 1. The van der Waals surface area contributed by atoms with Gasteiger partial charge < -0.3 is 14.2 Å². The Hall–Kier alpha value is -2.61. The van der Waals surface area contributed by atoms with Crippen molar-refractivity contribution < 1.29 is 22.7 Å². The first-order chi connectivity index (χ1) is 14.7. The maximum absolute atomic E-state index is 12.7. The molecule has 31 heavy (non-hydrogen) atoms. The first-order valence-electron chi connectivity index (χ1n) is 10.6. The SMILES string of the molecule is CCN(CC)c1ccc(C(=O)OCC(=O)c2cc(C)n(C3CCS(=O)(=O)C3)c2C)cc1. The third-order valence-electron chi connectivity index (χ3n) is 5.92. The molecule has 3 rings (SSSR count). The maximum atomic E-state index is 12.7. The molecule has 1 atom stereocenters. The van der Waals surface area contributed by atoms with Crippen LogP contribution in [0, 0.1) is 13.8 Å². The maximum Gasteiger partial charge on any atom is 0.338 e. The van der Waals surface area contributed by atoms with Gasteiger partial charge in [-0.05, 0) is 64.4 Å². The molecule has 0 N–H and O–H groups in total. The number of ketones is 1. The van der Waals surface area contributed by atoms with Crippen molar-refractivity contribution >= 4 is 27.3 Å². The van der Waals surface area contributed by atoms with Crippen LogP contribution in [0.4, 0.5) is 5.69 Å². The van der Waals surface area contributed by atoms with Crippen LogP contribution in [0.1, 0.15) is 58.4 Å². The summed E-state index contributed by atoms with van der Waals surface area (Å²) in [5, 5.41) is 0. The highest BCUT2D eigenvalue weighted by Gasteiger charge is 2.31. The van der Waals surface area contributed by atoms with Gasteiger partial charge in [-0.2, -0.15) is 0 Å². The summed E-state index contributed by atoms with van der Waals surface area (Å²) < 4.78 is 30.9. The predicted molar refractivity (Wildman–Crippen MR) is 121 cm³/mol. The third kappa shape index (κ3) is 5.01. The molecule has 1 aromatic carbocycles. The summed E-state index contributed by atoms with van der Waals surface area (Å²) >= 11 is 0. The first kappa shape index (κ1) is 23.1. The molecule has 0 spiro atoms. The van der Waals surface area contributed by atoms with Gasteiger partial charge in [-0.15, -0.1) is 0 Å². The van der Waals surface area contributed by atoms with E-state index in [0.29, 0.717) is 23.2 Å². The van der Waals surface area contributed by atoms with Crippen LogP contribution < -0.4 is 4.90 Å². The summed E-state index contributed by atoms with van der Waals surface area (Å²) in [5.41, 5.74) is 3.43. The van der Waals surface area contributed by atoms with Crippen LogP contribution in [0.15, 0.2) is 30.3 Å². The molecule has 1 aliphatic heterocycles. The van der Waals surface area contributed by atoms with Gasteiger partial charge in [0.15, 0.2) is 16.4 Å². The van der Waals surface area contributed by atoms with Crippen molar-refractivity contribution in [1.82, 2.24) is 4.57 Å². The number of hydrogen-bond donors (Lipinski definition) is 0. The lowest BCUT2D eigenvalue weighted by molar-refractivity contribution is 0.0474. The van der Waals surface area contributed by atoms with E-state index in [9.17, 15) is 18.0 Å². The molecule has 0 amide bonds. The van der Waals surface area contributed by atoms with Gasteiger partial charge in [0.2, 0.25) is 5.78 Å². The Morgan fingerprint density at radius 3 is 2.32 bits per heavy atom. The van der Waals surface area contributed by atoms with E-state index in [1.54, 1.807) is 25.1 Å². The normalized spacial score (nSPS) is 17.5. The first-order valence-corrected chi connectivity index (χ1v) is 12.4. The molecule has 2 heterocycles. The summed E-state index contributed by atoms with van der Waals surface area (Å²) in [6, 6.07) is 8.73. The lowest BCUT2D eigenvalue weighted by Gasteiger charge is -2.20. The van der Waals surface area contributed by atoms with Gasteiger partial charge in [0.05, 0.1) is 17.1 Å². The minimum Gasteiger partial charge on any atom is -0.454 e. The van der Waals surface area contributed by atoms with Gasteiger partial charge in [-0.1, -0.05) is 0 Å². The molecule has 1 aromatic heterocycles. The number of sulfone groups is 1. The highest BCUT2D eigenvalue weighted by molar-refractivity contribution is 7.91. The Balaban J connectivity index is 1.66. The fraction of sp³-hybridized carbons (Fsp3) is 0.478. The molecular weight excluding hydrogens is 416 g/mol. The zero-order chi connectivity index (χ0) is 22.8. The average Bonchev–Trinajstić information content (AvgIpc) is 3.24. The summed E-state index contributed by atoms with van der Waals surface area (Å²) in [5.74, 6) is -0.582. The third-order valence-corrected chi connectivity index (χ3v) is 7.67. The molecule has 7 nitrogen and oxygen atoms in total. The second-order valence-corrected chi connectivity index (χ2v) is 10.2. The zero-order valence-corrected chi connectivity index (χ0v) is 19.4. The number of esters is 1. The standard InChI is InChI=1S/C23H30N2O5S/c1-5-24(6-2)19-9-7-18(8-10-19)23(27)30-14-22(26)21-13-16(3)25(17(21)4)20-11-12-31(28,29)15-20/h7-10,13,20H,5-6,11-12,14-15H2,1-4H3. The molecule has 1 unspecified atom stereocenters. The van der Waals surface area contributed by atoms with Gasteiger partial charge >= 0.3 is 5.97 Å². The monoisotopic (exact) mass is 446 g/mol. The summed E-state index contributed by atoms with van der Waals surface area (Å²) in [7, 11) is -3.03. The minimum atomic E-state index is -3.03. The highest BCUT2D eigenvalue weighted by Crippen LogP contribution is 2.29. The van der Waals surface area contributed by atoms with E-state index in [4.69, 9.17) is 4.74 Å². The second-order valence-electron chi connectivity index (χ2n) is 7.93. The van der Waals surface area contributed by atoms with Crippen molar-refractivity contribution in [2.24, 2.45) is 0 Å². The summed E-state index contributed by atoms with van der Waals surface area (Å²) in [4.78, 5) is 27.3. The number of aryl methyl sites for hydroxylation is 1. The number of carbonyl (C=O) groups is 2. The molecular formula is C23H30N2O5S. The topological polar surface area (TPSA) is 85.7 Å². The van der Waals surface area contributed by atoms with Crippen LogP contribution in [-0.4, -0.2) is 55.9 Å². The number of Topliss-reactive ketones (excluding diaryl/α,β-unsaturated/α-hetero) is 1. The zero-order valence-electron chi connectivity index (χ0n) is 18.6. The molecule has 1 saturated heterocycles. The van der Waals surface area contributed by atoms with Gasteiger partial charge in [-0.3, -0.25) is 4.79 Å².